The molecule has 1 aromatic heterocycles. The summed E-state index contributed by atoms with van der Waals surface area (Å²) in [5.41, 5.74) is 0.317. The molecule has 1 aliphatic carbocycles. The Balaban J connectivity index is 1.89. The fourth-order valence-electron chi connectivity index (χ4n) is 3.16. The Bertz CT molecular complexity index is 447. The number of carboxylic acid groups (broad SMARTS) is 1. The summed E-state index contributed by atoms with van der Waals surface area (Å²) in [6.07, 6.45) is 3.58. The van der Waals surface area contributed by atoms with Crippen molar-refractivity contribution < 1.29 is 19.1 Å². The zero-order valence-electron chi connectivity index (χ0n) is 11.8. The molecule has 1 fully saturated rings. The predicted molar refractivity (Wildman–Crippen MR) is 71.0 cm³/mol. The summed E-state index contributed by atoms with van der Waals surface area (Å²) in [5.74, 6) is 0.169. The first-order valence-corrected chi connectivity index (χ1v) is 6.79. The highest BCUT2D eigenvalue weighted by Gasteiger charge is 2.32. The number of carbonyl (C=O) groups is 1. The number of rotatable bonds is 4. The van der Waals surface area contributed by atoms with Crippen molar-refractivity contribution in [2.45, 2.75) is 52.7 Å². The van der Waals surface area contributed by atoms with Crippen LogP contribution in [0.3, 0.4) is 0 Å². The van der Waals surface area contributed by atoms with Gasteiger partial charge in [-0.25, -0.2) is 4.79 Å². The van der Waals surface area contributed by atoms with Crippen LogP contribution in [-0.2, 0) is 11.3 Å². The molecule has 1 aromatic rings. The van der Waals surface area contributed by atoms with Gasteiger partial charge in [0.05, 0.1) is 6.10 Å². The van der Waals surface area contributed by atoms with Crippen LogP contribution in [-0.4, -0.2) is 17.2 Å². The third kappa shape index (κ3) is 3.83. The average Bonchev–Trinajstić information content (AvgIpc) is 2.72. The Morgan fingerprint density at radius 3 is 2.79 bits per heavy atom. The van der Waals surface area contributed by atoms with Crippen LogP contribution in [0.2, 0.25) is 0 Å². The zero-order chi connectivity index (χ0) is 14.0. The van der Waals surface area contributed by atoms with Gasteiger partial charge in [0.1, 0.15) is 12.4 Å². The summed E-state index contributed by atoms with van der Waals surface area (Å²) >= 11 is 0. The van der Waals surface area contributed by atoms with Crippen molar-refractivity contribution in [1.29, 1.82) is 0 Å². The van der Waals surface area contributed by atoms with Crippen LogP contribution < -0.4 is 0 Å². The summed E-state index contributed by atoms with van der Waals surface area (Å²) in [6.45, 7) is 7.15. The lowest BCUT2D eigenvalue weighted by molar-refractivity contribution is -0.0370. The van der Waals surface area contributed by atoms with Crippen molar-refractivity contribution in [3.63, 3.8) is 0 Å². The van der Waals surface area contributed by atoms with E-state index in [0.29, 0.717) is 23.7 Å². The van der Waals surface area contributed by atoms with E-state index >= 15 is 0 Å². The standard InChI is InChI=1S/C15H22O4/c1-10-6-12(8-15(2,3)7-10)18-9-11-4-5-13(19-11)14(16)17/h4-5,10,12H,6-9H2,1-3H3,(H,16,17). The number of carboxylic acids is 1. The molecule has 0 bridgehead atoms. The van der Waals surface area contributed by atoms with Crippen molar-refractivity contribution in [3.8, 4) is 0 Å². The van der Waals surface area contributed by atoms with Crippen molar-refractivity contribution in [2.75, 3.05) is 0 Å². The molecule has 0 spiro atoms. The first kappa shape index (κ1) is 14.1. The molecule has 4 heteroatoms. The van der Waals surface area contributed by atoms with E-state index in [-0.39, 0.29) is 11.9 Å². The molecule has 1 aliphatic rings. The maximum absolute atomic E-state index is 10.7. The third-order valence-corrected chi connectivity index (χ3v) is 3.68. The molecule has 1 saturated carbocycles. The van der Waals surface area contributed by atoms with Gasteiger partial charge in [0.15, 0.2) is 0 Å². The number of furan rings is 1. The van der Waals surface area contributed by atoms with Crippen molar-refractivity contribution >= 4 is 5.97 Å². The van der Waals surface area contributed by atoms with Gasteiger partial charge in [-0.1, -0.05) is 20.8 Å². The number of hydrogen-bond acceptors (Lipinski definition) is 3. The Morgan fingerprint density at radius 2 is 2.21 bits per heavy atom. The molecular weight excluding hydrogens is 244 g/mol. The summed E-state index contributed by atoms with van der Waals surface area (Å²) in [5, 5.41) is 8.78. The molecule has 2 rings (SSSR count). The van der Waals surface area contributed by atoms with Crippen LogP contribution in [0.25, 0.3) is 0 Å². The highest BCUT2D eigenvalue weighted by atomic mass is 16.5. The van der Waals surface area contributed by atoms with Crippen LogP contribution in [0.4, 0.5) is 0 Å². The smallest absolute Gasteiger partial charge is 0.371 e. The van der Waals surface area contributed by atoms with E-state index in [1.807, 2.05) is 0 Å². The van der Waals surface area contributed by atoms with E-state index in [1.165, 1.54) is 12.5 Å². The molecule has 1 N–H and O–H groups in total. The fourth-order valence-corrected chi connectivity index (χ4v) is 3.16. The highest BCUT2D eigenvalue weighted by Crippen LogP contribution is 2.39. The van der Waals surface area contributed by atoms with E-state index in [0.717, 1.165) is 12.8 Å². The lowest BCUT2D eigenvalue weighted by Gasteiger charge is -2.38. The summed E-state index contributed by atoms with van der Waals surface area (Å²) in [6, 6.07) is 3.13. The van der Waals surface area contributed by atoms with E-state index in [2.05, 4.69) is 20.8 Å². The van der Waals surface area contributed by atoms with Crippen molar-refractivity contribution in [3.05, 3.63) is 23.7 Å². The molecule has 1 heterocycles. The topological polar surface area (TPSA) is 59.7 Å². The van der Waals surface area contributed by atoms with Crippen LogP contribution in [0.15, 0.2) is 16.5 Å². The van der Waals surface area contributed by atoms with Crippen molar-refractivity contribution in [1.82, 2.24) is 0 Å². The summed E-state index contributed by atoms with van der Waals surface area (Å²) in [4.78, 5) is 10.7. The summed E-state index contributed by atoms with van der Waals surface area (Å²) in [7, 11) is 0. The molecule has 4 nitrogen and oxygen atoms in total. The quantitative estimate of drug-likeness (QED) is 0.902. The lowest BCUT2D eigenvalue weighted by atomic mass is 9.71. The average molecular weight is 266 g/mol. The predicted octanol–water partition coefficient (Wildman–Crippen LogP) is 3.71. The minimum atomic E-state index is -1.04. The molecule has 106 valence electrons. The Labute approximate surface area is 113 Å². The molecule has 19 heavy (non-hydrogen) atoms. The van der Waals surface area contributed by atoms with Gasteiger partial charge in [-0.3, -0.25) is 0 Å². The third-order valence-electron chi connectivity index (χ3n) is 3.68. The summed E-state index contributed by atoms with van der Waals surface area (Å²) < 4.78 is 11.1. The van der Waals surface area contributed by atoms with Crippen LogP contribution >= 0.6 is 0 Å². The minimum Gasteiger partial charge on any atom is -0.475 e. The van der Waals surface area contributed by atoms with Gasteiger partial charge in [-0.05, 0) is 42.7 Å². The van der Waals surface area contributed by atoms with E-state index in [9.17, 15) is 4.79 Å². The first-order chi connectivity index (χ1) is 8.85. The molecule has 2 unspecified atom stereocenters. The SMILES string of the molecule is CC1CC(OCc2ccc(C(=O)O)o2)CC(C)(C)C1. The first-order valence-electron chi connectivity index (χ1n) is 6.79. The van der Waals surface area contributed by atoms with E-state index < -0.39 is 5.97 Å². The highest BCUT2D eigenvalue weighted by molar-refractivity contribution is 5.84. The molecule has 0 aromatic carbocycles. The number of ether oxygens (including phenoxy) is 1. The molecule has 2 atom stereocenters. The van der Waals surface area contributed by atoms with Gasteiger partial charge in [0.25, 0.3) is 0 Å². The second kappa shape index (κ2) is 5.37. The molecule has 0 radical (unpaired) electrons. The molecule has 0 saturated heterocycles. The largest absolute Gasteiger partial charge is 0.475 e. The fraction of sp³-hybridized carbons (Fsp3) is 0.667. The van der Waals surface area contributed by atoms with Crippen LogP contribution in [0.1, 0.15) is 56.3 Å². The van der Waals surface area contributed by atoms with Gasteiger partial charge in [-0.2, -0.15) is 0 Å². The lowest BCUT2D eigenvalue weighted by Crippen LogP contribution is -2.32. The minimum absolute atomic E-state index is 0.0315. The Kier molecular flexibility index (Phi) is 3.99. The van der Waals surface area contributed by atoms with Gasteiger partial charge >= 0.3 is 5.97 Å². The van der Waals surface area contributed by atoms with E-state index in [4.69, 9.17) is 14.3 Å². The molecule has 0 amide bonds. The Morgan fingerprint density at radius 1 is 1.47 bits per heavy atom. The second-order valence-electron chi connectivity index (χ2n) is 6.42. The zero-order valence-corrected chi connectivity index (χ0v) is 11.8. The van der Waals surface area contributed by atoms with Crippen molar-refractivity contribution in [2.24, 2.45) is 11.3 Å². The number of aromatic carboxylic acids is 1. The maximum atomic E-state index is 10.7. The molecule has 0 aliphatic heterocycles. The van der Waals surface area contributed by atoms with Gasteiger partial charge in [0, 0.05) is 0 Å². The monoisotopic (exact) mass is 266 g/mol. The molecular formula is C15H22O4. The van der Waals surface area contributed by atoms with Gasteiger partial charge in [0.2, 0.25) is 5.76 Å². The van der Waals surface area contributed by atoms with E-state index in [1.54, 1.807) is 6.07 Å². The van der Waals surface area contributed by atoms with Gasteiger partial charge < -0.3 is 14.3 Å². The maximum Gasteiger partial charge on any atom is 0.371 e. The normalized spacial score (nSPS) is 26.3. The van der Waals surface area contributed by atoms with Crippen LogP contribution in [0, 0.1) is 11.3 Å². The van der Waals surface area contributed by atoms with Crippen LogP contribution in [0.5, 0.6) is 0 Å². The Hall–Kier alpha value is -1.29. The van der Waals surface area contributed by atoms with Gasteiger partial charge in [-0.15, -0.1) is 0 Å². The second-order valence-corrected chi connectivity index (χ2v) is 6.42. The number of hydrogen-bond donors (Lipinski definition) is 1.